The van der Waals surface area contributed by atoms with Crippen LogP contribution in [0, 0.1) is 11.3 Å². The highest BCUT2D eigenvalue weighted by molar-refractivity contribution is 5.90. The highest BCUT2D eigenvalue weighted by atomic mass is 16.5. The van der Waals surface area contributed by atoms with Crippen LogP contribution in [0.2, 0.25) is 0 Å². The van der Waals surface area contributed by atoms with E-state index >= 15 is 0 Å². The van der Waals surface area contributed by atoms with E-state index in [0.29, 0.717) is 11.4 Å². The monoisotopic (exact) mass is 663 g/mol. The molecule has 0 unspecified atom stereocenters. The maximum Gasteiger partial charge on any atom is 0.160 e. The molecule has 0 N–H and O–H groups in total. The molecule has 0 radical (unpaired) electrons. The molecule has 8 aromatic rings. The lowest BCUT2D eigenvalue weighted by Crippen LogP contribution is -2.32. The molecule has 52 heavy (non-hydrogen) atoms. The van der Waals surface area contributed by atoms with Crippen LogP contribution < -0.4 is 4.74 Å². The van der Waals surface area contributed by atoms with Crippen molar-refractivity contribution in [3.63, 3.8) is 0 Å². The number of hydrogen-bond acceptors (Lipinski definition) is 4. The van der Waals surface area contributed by atoms with Gasteiger partial charge in [-0.15, -0.1) is 0 Å². The molecular weight excluding hydrogens is 635 g/mol. The first kappa shape index (κ1) is 29.8. The molecule has 0 atom stereocenters. The van der Waals surface area contributed by atoms with Gasteiger partial charge in [0, 0.05) is 27.8 Å². The predicted molar refractivity (Wildman–Crippen MR) is 206 cm³/mol. The van der Waals surface area contributed by atoms with Crippen LogP contribution in [0.4, 0.5) is 0 Å². The average Bonchev–Trinajstić information content (AvgIpc) is 3.52. The van der Waals surface area contributed by atoms with E-state index < -0.39 is 5.41 Å². The molecule has 2 aliphatic rings. The number of nitriles is 1. The number of hydrogen-bond donors (Lipinski definition) is 0. The molecule has 10 rings (SSSR count). The number of fused-ring (bicyclic) bond motifs is 9. The topological polar surface area (TPSA) is 58.8 Å². The zero-order chi connectivity index (χ0) is 34.6. The quantitative estimate of drug-likeness (QED) is 0.188. The van der Waals surface area contributed by atoms with Crippen LogP contribution in [-0.4, -0.2) is 9.97 Å². The maximum atomic E-state index is 9.70. The van der Waals surface area contributed by atoms with E-state index in [2.05, 4.69) is 127 Å². The Hall–Kier alpha value is -7.09. The highest BCUT2D eigenvalue weighted by Gasteiger charge is 2.51. The van der Waals surface area contributed by atoms with Crippen molar-refractivity contribution < 1.29 is 4.74 Å². The first-order valence-corrected chi connectivity index (χ1v) is 17.4. The van der Waals surface area contributed by atoms with E-state index in [1.807, 2.05) is 54.6 Å². The van der Waals surface area contributed by atoms with Crippen LogP contribution in [-0.2, 0) is 5.41 Å². The lowest BCUT2D eigenvalue weighted by Gasteiger charge is -2.40. The molecule has 0 fully saturated rings. The van der Waals surface area contributed by atoms with E-state index in [9.17, 15) is 5.26 Å². The Labute approximate surface area is 301 Å². The van der Waals surface area contributed by atoms with Gasteiger partial charge in [-0.2, -0.15) is 5.26 Å². The summed E-state index contributed by atoms with van der Waals surface area (Å²) in [6.07, 6.45) is 0. The third kappa shape index (κ3) is 4.54. The zero-order valence-corrected chi connectivity index (χ0v) is 28.0. The summed E-state index contributed by atoms with van der Waals surface area (Å²) in [4.78, 5) is 10.4. The van der Waals surface area contributed by atoms with Crippen molar-refractivity contribution in [2.45, 2.75) is 5.41 Å². The molecule has 0 saturated heterocycles. The average molecular weight is 664 g/mol. The normalized spacial score (nSPS) is 12.9. The minimum absolute atomic E-state index is 0.625. The van der Waals surface area contributed by atoms with Gasteiger partial charge >= 0.3 is 0 Å². The molecule has 1 aliphatic carbocycles. The van der Waals surface area contributed by atoms with Gasteiger partial charge in [-0.05, 0) is 81.9 Å². The Kier molecular flexibility index (Phi) is 6.74. The Morgan fingerprint density at radius 1 is 0.423 bits per heavy atom. The van der Waals surface area contributed by atoms with Crippen LogP contribution in [0.25, 0.3) is 56.2 Å². The first-order chi connectivity index (χ1) is 25.7. The molecule has 7 aromatic carbocycles. The summed E-state index contributed by atoms with van der Waals surface area (Å²) in [5.74, 6) is 2.25. The number of aromatic nitrogens is 2. The van der Waals surface area contributed by atoms with E-state index in [1.54, 1.807) is 0 Å². The minimum Gasteiger partial charge on any atom is -0.457 e. The summed E-state index contributed by atoms with van der Waals surface area (Å²) in [7, 11) is 0. The Bertz CT molecular complexity index is 2630. The van der Waals surface area contributed by atoms with Crippen LogP contribution in [0.3, 0.4) is 0 Å². The molecular formula is C48H29N3O. The SMILES string of the molecule is N#Cc1cccc(-c2ccc3c(c2)C2(c4cc(-c5nc(-c6ccccc6)cc(-c6ccccc6)n5)ccc4O3)c3ccccc3-c3ccccc32)c1. The number of ether oxygens (including phenoxy) is 1. The van der Waals surface area contributed by atoms with Crippen molar-refractivity contribution >= 4 is 0 Å². The summed E-state index contributed by atoms with van der Waals surface area (Å²) < 4.78 is 6.81. The largest absolute Gasteiger partial charge is 0.457 e. The van der Waals surface area contributed by atoms with Gasteiger partial charge in [-0.25, -0.2) is 9.97 Å². The summed E-state index contributed by atoms with van der Waals surface area (Å²) >= 11 is 0. The molecule has 1 spiro atoms. The standard InChI is InChI=1S/C48H29N3O/c49-30-31-12-11-17-34(26-31)35-22-24-45-41(27-35)48(39-20-9-7-18-37(39)38-19-8-10-21-40(38)48)42-28-36(23-25-46(42)52-45)47-50-43(32-13-3-1-4-14-32)29-44(51-47)33-15-5-2-6-16-33/h1-29H. The van der Waals surface area contributed by atoms with Crippen LogP contribution in [0.15, 0.2) is 176 Å². The van der Waals surface area contributed by atoms with Gasteiger partial charge < -0.3 is 4.74 Å². The van der Waals surface area contributed by atoms with Gasteiger partial charge in [-0.1, -0.05) is 127 Å². The first-order valence-electron chi connectivity index (χ1n) is 17.4. The van der Waals surface area contributed by atoms with Crippen molar-refractivity contribution in [1.82, 2.24) is 9.97 Å². The fourth-order valence-electron chi connectivity index (χ4n) is 8.08. The summed E-state index contributed by atoms with van der Waals surface area (Å²) in [6, 6.07) is 62.9. The van der Waals surface area contributed by atoms with Gasteiger partial charge in [0.1, 0.15) is 11.5 Å². The van der Waals surface area contributed by atoms with Crippen LogP contribution >= 0.6 is 0 Å². The summed E-state index contributed by atoms with van der Waals surface area (Å²) in [6.45, 7) is 0. The lowest BCUT2D eigenvalue weighted by atomic mass is 9.65. The van der Waals surface area contributed by atoms with Gasteiger partial charge in [0.2, 0.25) is 0 Å². The molecule has 0 amide bonds. The van der Waals surface area contributed by atoms with Crippen LogP contribution in [0.1, 0.15) is 27.8 Å². The van der Waals surface area contributed by atoms with Gasteiger partial charge in [-0.3, -0.25) is 0 Å². The van der Waals surface area contributed by atoms with Crippen molar-refractivity contribution in [2.24, 2.45) is 0 Å². The zero-order valence-electron chi connectivity index (χ0n) is 28.0. The third-order valence-corrected chi connectivity index (χ3v) is 10.4. The second-order valence-corrected chi connectivity index (χ2v) is 13.3. The molecule has 0 saturated carbocycles. The number of nitrogens with zero attached hydrogens (tertiary/aromatic N) is 3. The molecule has 242 valence electrons. The van der Waals surface area contributed by atoms with Crippen molar-refractivity contribution in [3.05, 3.63) is 204 Å². The fraction of sp³-hybridized carbons (Fsp3) is 0.0208. The Balaban J connectivity index is 1.25. The highest BCUT2D eigenvalue weighted by Crippen LogP contribution is 2.62. The molecule has 1 aromatic heterocycles. The second-order valence-electron chi connectivity index (χ2n) is 13.3. The van der Waals surface area contributed by atoms with E-state index in [-0.39, 0.29) is 0 Å². The third-order valence-electron chi connectivity index (χ3n) is 10.4. The van der Waals surface area contributed by atoms with Crippen molar-refractivity contribution in [1.29, 1.82) is 5.26 Å². The molecule has 4 heteroatoms. The summed E-state index contributed by atoms with van der Waals surface area (Å²) in [5, 5.41) is 9.70. The fourth-order valence-corrected chi connectivity index (χ4v) is 8.08. The minimum atomic E-state index is -0.686. The Morgan fingerprint density at radius 2 is 0.923 bits per heavy atom. The maximum absolute atomic E-state index is 9.70. The molecule has 1 aliphatic heterocycles. The predicted octanol–water partition coefficient (Wildman–Crippen LogP) is 11.5. The van der Waals surface area contributed by atoms with E-state index in [0.717, 1.165) is 61.8 Å². The summed E-state index contributed by atoms with van der Waals surface area (Å²) in [5.41, 5.74) is 13.5. The van der Waals surface area contributed by atoms with Crippen LogP contribution in [0.5, 0.6) is 11.5 Å². The molecule has 0 bridgehead atoms. The van der Waals surface area contributed by atoms with Gasteiger partial charge in [0.15, 0.2) is 5.82 Å². The van der Waals surface area contributed by atoms with Crippen molar-refractivity contribution in [2.75, 3.05) is 0 Å². The number of rotatable bonds is 4. The smallest absolute Gasteiger partial charge is 0.160 e. The second kappa shape index (κ2) is 11.8. The number of benzene rings is 7. The van der Waals surface area contributed by atoms with Gasteiger partial charge in [0.05, 0.1) is 28.4 Å². The molecule has 4 nitrogen and oxygen atoms in total. The molecule has 2 heterocycles. The van der Waals surface area contributed by atoms with Gasteiger partial charge in [0.25, 0.3) is 0 Å². The van der Waals surface area contributed by atoms with E-state index in [4.69, 9.17) is 14.7 Å². The van der Waals surface area contributed by atoms with Crippen molar-refractivity contribution in [3.8, 4) is 73.7 Å². The Morgan fingerprint density at radius 3 is 1.52 bits per heavy atom. The van der Waals surface area contributed by atoms with E-state index in [1.165, 1.54) is 22.3 Å². The lowest BCUT2D eigenvalue weighted by molar-refractivity contribution is 0.436.